The van der Waals surface area contributed by atoms with Gasteiger partial charge in [-0.15, -0.1) is 0 Å². The van der Waals surface area contributed by atoms with Gasteiger partial charge in [0.2, 0.25) is 0 Å². The minimum absolute atomic E-state index is 0.00183. The minimum Gasteiger partial charge on any atom is -0.505 e. The number of methoxy groups -OCH3 is 1. The molecule has 1 aliphatic carbocycles. The van der Waals surface area contributed by atoms with Crippen LogP contribution in [0.3, 0.4) is 0 Å². The fraction of sp³-hybridized carbons (Fsp3) is 0.103. The van der Waals surface area contributed by atoms with Crippen LogP contribution in [0.2, 0.25) is 0 Å². The van der Waals surface area contributed by atoms with E-state index in [4.69, 9.17) is 9.15 Å². The van der Waals surface area contributed by atoms with E-state index >= 15 is 0 Å². The highest BCUT2D eigenvalue weighted by Crippen LogP contribution is 2.43. The van der Waals surface area contributed by atoms with Crippen LogP contribution in [0.1, 0.15) is 11.1 Å². The van der Waals surface area contributed by atoms with Crippen LogP contribution in [-0.2, 0) is 12.8 Å². The third-order valence-corrected chi connectivity index (χ3v) is 7.54. The molecule has 0 aliphatic heterocycles. The Labute approximate surface area is 210 Å². The Hall–Kier alpha value is -4.23. The summed E-state index contributed by atoms with van der Waals surface area (Å²) in [5.41, 5.74) is 2.82. The standard InChI is InChI=1S/C29H21NO5S/c1-34-22-14-8-13-20-19(22)15-16-21-24(20)30(17-9-4-2-5-10-17)28(32)23-25(31)27(29(33)35-26(21)23)36-18-11-6-3-7-12-18/h2-14,31H,15-16H2,1H3. The predicted octanol–water partition coefficient (Wildman–Crippen LogP) is 5.57. The maximum absolute atomic E-state index is 14.1. The molecule has 1 aliphatic rings. The van der Waals surface area contributed by atoms with Crippen LogP contribution in [0.5, 0.6) is 11.5 Å². The number of fused-ring (bicyclic) bond motifs is 5. The van der Waals surface area contributed by atoms with Crippen molar-refractivity contribution in [2.45, 2.75) is 22.6 Å². The van der Waals surface area contributed by atoms with Crippen LogP contribution in [-0.4, -0.2) is 16.8 Å². The van der Waals surface area contributed by atoms with Crippen molar-refractivity contribution in [3.05, 3.63) is 111 Å². The molecule has 6 rings (SSSR count). The van der Waals surface area contributed by atoms with Crippen molar-refractivity contribution in [1.82, 2.24) is 4.57 Å². The van der Waals surface area contributed by atoms with Gasteiger partial charge in [-0.25, -0.2) is 4.79 Å². The molecule has 0 bridgehead atoms. The van der Waals surface area contributed by atoms with Gasteiger partial charge in [0, 0.05) is 27.3 Å². The maximum Gasteiger partial charge on any atom is 0.354 e. The average molecular weight is 496 g/mol. The van der Waals surface area contributed by atoms with Gasteiger partial charge in [-0.1, -0.05) is 60.3 Å². The van der Waals surface area contributed by atoms with Gasteiger partial charge < -0.3 is 14.3 Å². The molecule has 2 aromatic heterocycles. The molecule has 178 valence electrons. The summed E-state index contributed by atoms with van der Waals surface area (Å²) in [6, 6.07) is 24.2. The first-order valence-electron chi connectivity index (χ1n) is 11.5. The zero-order valence-corrected chi connectivity index (χ0v) is 20.2. The number of ether oxygens (including phenoxy) is 1. The van der Waals surface area contributed by atoms with Crippen LogP contribution in [0.15, 0.2) is 103 Å². The van der Waals surface area contributed by atoms with Crippen LogP contribution in [0.25, 0.3) is 27.9 Å². The Kier molecular flexibility index (Phi) is 5.42. The first kappa shape index (κ1) is 22.2. The summed E-state index contributed by atoms with van der Waals surface area (Å²) in [4.78, 5) is 27.9. The molecule has 3 aromatic carbocycles. The number of aryl methyl sites for hydroxylation is 1. The Balaban J connectivity index is 1.73. The molecule has 2 heterocycles. The summed E-state index contributed by atoms with van der Waals surface area (Å²) < 4.78 is 13.0. The zero-order valence-electron chi connectivity index (χ0n) is 19.4. The molecule has 0 unspecified atom stereocenters. The lowest BCUT2D eigenvalue weighted by atomic mass is 9.87. The molecule has 0 amide bonds. The van der Waals surface area contributed by atoms with Gasteiger partial charge in [-0.05, 0) is 43.2 Å². The van der Waals surface area contributed by atoms with Gasteiger partial charge in [-0.2, -0.15) is 0 Å². The van der Waals surface area contributed by atoms with Crippen LogP contribution < -0.4 is 15.9 Å². The van der Waals surface area contributed by atoms with E-state index in [-0.39, 0.29) is 21.6 Å². The lowest BCUT2D eigenvalue weighted by molar-refractivity contribution is 0.409. The second-order valence-electron chi connectivity index (χ2n) is 8.48. The van der Waals surface area contributed by atoms with Crippen molar-refractivity contribution >= 4 is 22.7 Å². The average Bonchev–Trinajstić information content (AvgIpc) is 2.91. The molecule has 0 saturated carbocycles. The van der Waals surface area contributed by atoms with Gasteiger partial charge in [0.1, 0.15) is 16.0 Å². The fourth-order valence-electron chi connectivity index (χ4n) is 4.90. The molecule has 1 N–H and O–H groups in total. The largest absolute Gasteiger partial charge is 0.505 e. The van der Waals surface area contributed by atoms with Crippen molar-refractivity contribution in [1.29, 1.82) is 0 Å². The summed E-state index contributed by atoms with van der Waals surface area (Å²) in [6.07, 6.45) is 1.15. The number of rotatable bonds is 4. The number of pyridine rings is 1. The predicted molar refractivity (Wildman–Crippen MR) is 140 cm³/mol. The van der Waals surface area contributed by atoms with E-state index in [0.29, 0.717) is 29.8 Å². The number of hydrogen-bond donors (Lipinski definition) is 1. The van der Waals surface area contributed by atoms with E-state index in [2.05, 4.69) is 0 Å². The Morgan fingerprint density at radius 2 is 1.58 bits per heavy atom. The minimum atomic E-state index is -0.677. The fourth-order valence-corrected chi connectivity index (χ4v) is 5.75. The number of benzene rings is 3. The Morgan fingerprint density at radius 1 is 0.889 bits per heavy atom. The van der Waals surface area contributed by atoms with Crippen LogP contribution >= 0.6 is 11.8 Å². The van der Waals surface area contributed by atoms with Crippen molar-refractivity contribution in [3.63, 3.8) is 0 Å². The third kappa shape index (κ3) is 3.43. The molecule has 0 radical (unpaired) electrons. The number of para-hydroxylation sites is 1. The summed E-state index contributed by atoms with van der Waals surface area (Å²) in [5, 5.41) is 11.3. The molecular weight excluding hydrogens is 474 g/mol. The molecule has 5 aromatic rings. The van der Waals surface area contributed by atoms with Crippen LogP contribution in [0, 0.1) is 0 Å². The van der Waals surface area contributed by atoms with Crippen molar-refractivity contribution in [3.8, 4) is 28.4 Å². The van der Waals surface area contributed by atoms with E-state index in [9.17, 15) is 14.7 Å². The number of aromatic nitrogens is 1. The highest BCUT2D eigenvalue weighted by molar-refractivity contribution is 7.99. The zero-order chi connectivity index (χ0) is 24.8. The topological polar surface area (TPSA) is 81.7 Å². The third-order valence-electron chi connectivity index (χ3n) is 6.47. The van der Waals surface area contributed by atoms with Crippen molar-refractivity contribution in [2.24, 2.45) is 0 Å². The second-order valence-corrected chi connectivity index (χ2v) is 9.56. The SMILES string of the molecule is COc1cccc2c1CCc1c-2n(-c2ccccc2)c(=O)c2c(O)c(Sc3ccccc3)c(=O)oc12. The summed E-state index contributed by atoms with van der Waals surface area (Å²) in [5.74, 6) is 0.383. The molecule has 0 saturated heterocycles. The molecule has 6 nitrogen and oxygen atoms in total. The molecule has 0 spiro atoms. The Morgan fingerprint density at radius 3 is 2.31 bits per heavy atom. The molecule has 0 fully saturated rings. The number of nitrogens with zero attached hydrogens (tertiary/aromatic N) is 1. The van der Waals surface area contributed by atoms with Gasteiger partial charge in [-0.3, -0.25) is 9.36 Å². The second kappa shape index (κ2) is 8.77. The highest BCUT2D eigenvalue weighted by Gasteiger charge is 2.30. The smallest absolute Gasteiger partial charge is 0.354 e. The lowest BCUT2D eigenvalue weighted by Crippen LogP contribution is -2.26. The molecule has 7 heteroatoms. The van der Waals surface area contributed by atoms with Crippen molar-refractivity contribution < 1.29 is 14.3 Å². The number of aromatic hydroxyl groups is 1. The monoisotopic (exact) mass is 495 g/mol. The first-order valence-corrected chi connectivity index (χ1v) is 12.3. The van der Waals surface area contributed by atoms with Gasteiger partial charge in [0.15, 0.2) is 11.3 Å². The van der Waals surface area contributed by atoms with Crippen LogP contribution in [0.4, 0.5) is 0 Å². The summed E-state index contributed by atoms with van der Waals surface area (Å²) in [7, 11) is 1.62. The van der Waals surface area contributed by atoms with E-state index in [1.807, 2.05) is 78.9 Å². The van der Waals surface area contributed by atoms with E-state index in [0.717, 1.165) is 33.5 Å². The van der Waals surface area contributed by atoms with E-state index in [1.165, 1.54) is 0 Å². The molecule has 36 heavy (non-hydrogen) atoms. The quantitative estimate of drug-likeness (QED) is 0.351. The first-order chi connectivity index (χ1) is 17.6. The molecular formula is C29H21NO5S. The van der Waals surface area contributed by atoms with E-state index < -0.39 is 11.2 Å². The Bertz CT molecular complexity index is 1740. The van der Waals surface area contributed by atoms with Crippen molar-refractivity contribution in [2.75, 3.05) is 7.11 Å². The van der Waals surface area contributed by atoms with Gasteiger partial charge >= 0.3 is 5.63 Å². The highest BCUT2D eigenvalue weighted by atomic mass is 32.2. The molecule has 0 atom stereocenters. The maximum atomic E-state index is 14.1. The number of hydrogen-bond acceptors (Lipinski definition) is 6. The summed E-state index contributed by atoms with van der Waals surface area (Å²) in [6.45, 7) is 0. The lowest BCUT2D eigenvalue weighted by Gasteiger charge is -2.26. The van der Waals surface area contributed by atoms with Gasteiger partial charge in [0.05, 0.1) is 12.8 Å². The normalized spacial score (nSPS) is 12.2. The van der Waals surface area contributed by atoms with Gasteiger partial charge in [0.25, 0.3) is 5.56 Å². The summed E-state index contributed by atoms with van der Waals surface area (Å²) >= 11 is 1.08. The van der Waals surface area contributed by atoms with E-state index in [1.54, 1.807) is 11.7 Å².